The summed E-state index contributed by atoms with van der Waals surface area (Å²) in [5.74, 6) is 0.854. The summed E-state index contributed by atoms with van der Waals surface area (Å²) in [7, 11) is 3.56. The van der Waals surface area contributed by atoms with E-state index in [9.17, 15) is 4.79 Å². The van der Waals surface area contributed by atoms with Gasteiger partial charge in [0.1, 0.15) is 5.75 Å². The molecule has 0 aliphatic heterocycles. The van der Waals surface area contributed by atoms with E-state index in [1.165, 1.54) is 0 Å². The second kappa shape index (κ2) is 6.99. The monoisotopic (exact) mass is 284 g/mol. The van der Waals surface area contributed by atoms with Gasteiger partial charge in [-0.15, -0.1) is 0 Å². The molecule has 0 saturated heterocycles. The first-order valence-corrected chi connectivity index (χ1v) is 6.89. The Balaban J connectivity index is 2.03. The fourth-order valence-electron chi connectivity index (χ4n) is 2.11. The lowest BCUT2D eigenvalue weighted by molar-refractivity contribution is 0.0862. The van der Waals surface area contributed by atoms with Crippen LogP contribution in [0.25, 0.3) is 0 Å². The molecule has 1 aromatic heterocycles. The van der Waals surface area contributed by atoms with E-state index in [0.29, 0.717) is 12.1 Å². The van der Waals surface area contributed by atoms with Gasteiger partial charge in [0, 0.05) is 24.5 Å². The van der Waals surface area contributed by atoms with Gasteiger partial charge in [-0.1, -0.05) is 6.07 Å². The average molecular weight is 284 g/mol. The topological polar surface area (TPSA) is 42.4 Å². The number of rotatable bonds is 6. The molecule has 21 heavy (non-hydrogen) atoms. The summed E-state index contributed by atoms with van der Waals surface area (Å²) in [4.78, 5) is 18.6. The van der Waals surface area contributed by atoms with Gasteiger partial charge in [0.15, 0.2) is 5.78 Å². The number of Topliss-reactive ketones (excluding diaryl/α,β-unsaturated/α-hetero) is 1. The third-order valence-corrected chi connectivity index (χ3v) is 3.57. The van der Waals surface area contributed by atoms with E-state index >= 15 is 0 Å². The highest BCUT2D eigenvalue weighted by atomic mass is 16.5. The second-order valence-electron chi connectivity index (χ2n) is 5.05. The van der Waals surface area contributed by atoms with Crippen LogP contribution < -0.4 is 4.74 Å². The Morgan fingerprint density at radius 1 is 1.29 bits per heavy atom. The molecule has 110 valence electrons. The van der Waals surface area contributed by atoms with E-state index in [1.807, 2.05) is 37.2 Å². The predicted octanol–water partition coefficient (Wildman–Crippen LogP) is 2.79. The van der Waals surface area contributed by atoms with Crippen molar-refractivity contribution in [1.29, 1.82) is 0 Å². The van der Waals surface area contributed by atoms with Crippen molar-refractivity contribution >= 4 is 5.78 Å². The fourth-order valence-corrected chi connectivity index (χ4v) is 2.11. The quantitative estimate of drug-likeness (QED) is 0.765. The molecule has 1 unspecified atom stereocenters. The summed E-state index contributed by atoms with van der Waals surface area (Å²) in [5.41, 5.74) is 1.79. The molecule has 1 heterocycles. The van der Waals surface area contributed by atoms with E-state index < -0.39 is 0 Å². The van der Waals surface area contributed by atoms with Gasteiger partial charge < -0.3 is 4.74 Å². The summed E-state index contributed by atoms with van der Waals surface area (Å²) in [6.07, 6.45) is 3.57. The lowest BCUT2D eigenvalue weighted by Gasteiger charge is -2.23. The average Bonchev–Trinajstić information content (AvgIpc) is 2.54. The van der Waals surface area contributed by atoms with E-state index in [4.69, 9.17) is 4.74 Å². The van der Waals surface area contributed by atoms with Crippen LogP contribution in [0.5, 0.6) is 5.75 Å². The number of ketones is 1. The van der Waals surface area contributed by atoms with Gasteiger partial charge >= 0.3 is 0 Å². The molecule has 1 atom stereocenters. The Morgan fingerprint density at radius 2 is 2.00 bits per heavy atom. The predicted molar refractivity (Wildman–Crippen MR) is 82.5 cm³/mol. The molecule has 0 amide bonds. The molecule has 1 aromatic carbocycles. The minimum absolute atomic E-state index is 0.101. The lowest BCUT2D eigenvalue weighted by atomic mass is 10.0. The summed E-state index contributed by atoms with van der Waals surface area (Å²) in [6.45, 7) is 2.61. The van der Waals surface area contributed by atoms with E-state index in [0.717, 1.165) is 11.3 Å². The third kappa shape index (κ3) is 3.89. The molecule has 4 heteroatoms. The fraction of sp³-hybridized carbons (Fsp3) is 0.294. The molecule has 2 aromatic rings. The Kier molecular flexibility index (Phi) is 5.06. The Labute approximate surface area is 125 Å². The van der Waals surface area contributed by atoms with E-state index in [2.05, 4.69) is 4.98 Å². The highest BCUT2D eigenvalue weighted by Gasteiger charge is 2.19. The number of methoxy groups -OCH3 is 1. The summed E-state index contributed by atoms with van der Waals surface area (Å²) in [6, 6.07) is 10.9. The Bertz CT molecular complexity index is 581. The maximum absolute atomic E-state index is 12.5. The minimum Gasteiger partial charge on any atom is -0.497 e. The molecule has 0 N–H and O–H groups in total. The first-order valence-electron chi connectivity index (χ1n) is 6.89. The molecule has 0 fully saturated rings. The normalized spacial score (nSPS) is 12.2. The number of aromatic nitrogens is 1. The third-order valence-electron chi connectivity index (χ3n) is 3.57. The zero-order valence-electron chi connectivity index (χ0n) is 12.6. The highest BCUT2D eigenvalue weighted by molar-refractivity contribution is 5.99. The molecule has 0 aliphatic carbocycles. The maximum atomic E-state index is 12.5. The highest BCUT2D eigenvalue weighted by Crippen LogP contribution is 2.15. The molecule has 4 nitrogen and oxygen atoms in total. The number of hydrogen-bond donors (Lipinski definition) is 0. The van der Waals surface area contributed by atoms with Gasteiger partial charge in [0.05, 0.1) is 13.2 Å². The molecule has 2 rings (SSSR count). The van der Waals surface area contributed by atoms with Crippen LogP contribution in [0.4, 0.5) is 0 Å². The largest absolute Gasteiger partial charge is 0.497 e. The number of carbonyl (C=O) groups is 1. The van der Waals surface area contributed by atoms with Gasteiger partial charge in [-0.3, -0.25) is 14.7 Å². The van der Waals surface area contributed by atoms with Crippen molar-refractivity contribution in [2.75, 3.05) is 14.2 Å². The van der Waals surface area contributed by atoms with Crippen LogP contribution in [0.15, 0.2) is 48.8 Å². The van der Waals surface area contributed by atoms with Crippen LogP contribution in [-0.2, 0) is 6.54 Å². The van der Waals surface area contributed by atoms with Crippen molar-refractivity contribution in [2.45, 2.75) is 19.5 Å². The van der Waals surface area contributed by atoms with Crippen molar-refractivity contribution in [3.8, 4) is 5.75 Å². The zero-order chi connectivity index (χ0) is 15.2. The number of nitrogens with zero attached hydrogens (tertiary/aromatic N) is 2. The molecule has 0 saturated carbocycles. The number of likely N-dealkylation sites (N-methyl/N-ethyl adjacent to an activating group) is 1. The van der Waals surface area contributed by atoms with Gasteiger partial charge in [0.25, 0.3) is 0 Å². The molecule has 0 aliphatic rings. The number of carbonyl (C=O) groups excluding carboxylic acids is 1. The van der Waals surface area contributed by atoms with Crippen LogP contribution in [0.1, 0.15) is 22.8 Å². The van der Waals surface area contributed by atoms with Crippen molar-refractivity contribution in [1.82, 2.24) is 9.88 Å². The number of ether oxygens (including phenoxy) is 1. The summed E-state index contributed by atoms with van der Waals surface area (Å²) < 4.78 is 5.11. The second-order valence-corrected chi connectivity index (χ2v) is 5.05. The zero-order valence-corrected chi connectivity index (χ0v) is 12.6. The first-order chi connectivity index (χ1) is 10.1. The van der Waals surface area contributed by atoms with Crippen molar-refractivity contribution < 1.29 is 9.53 Å². The van der Waals surface area contributed by atoms with E-state index in [1.54, 1.807) is 37.6 Å². The molecule has 0 radical (unpaired) electrons. The molecular weight excluding hydrogens is 264 g/mol. The first kappa shape index (κ1) is 15.2. The van der Waals surface area contributed by atoms with Gasteiger partial charge in [-0.05, 0) is 49.9 Å². The van der Waals surface area contributed by atoms with Crippen molar-refractivity contribution in [2.24, 2.45) is 0 Å². The lowest BCUT2D eigenvalue weighted by Crippen LogP contribution is -2.35. The molecular formula is C17H20N2O2. The Hall–Kier alpha value is -2.20. The van der Waals surface area contributed by atoms with Crippen LogP contribution in [0.3, 0.4) is 0 Å². The van der Waals surface area contributed by atoms with Gasteiger partial charge in [0.2, 0.25) is 0 Å². The smallest absolute Gasteiger partial charge is 0.179 e. The Morgan fingerprint density at radius 3 is 2.57 bits per heavy atom. The van der Waals surface area contributed by atoms with E-state index in [-0.39, 0.29) is 11.8 Å². The SMILES string of the molecule is COc1ccc(C(=O)C(C)N(C)Cc2cccnc2)cc1. The van der Waals surface area contributed by atoms with Crippen molar-refractivity contribution in [3.63, 3.8) is 0 Å². The number of hydrogen-bond acceptors (Lipinski definition) is 4. The van der Waals surface area contributed by atoms with Crippen LogP contribution >= 0.6 is 0 Å². The number of benzene rings is 1. The molecule has 0 spiro atoms. The number of pyridine rings is 1. The van der Waals surface area contributed by atoms with Crippen molar-refractivity contribution in [3.05, 3.63) is 59.9 Å². The summed E-state index contributed by atoms with van der Waals surface area (Å²) in [5, 5.41) is 0. The molecule has 0 bridgehead atoms. The van der Waals surface area contributed by atoms with Crippen LogP contribution in [-0.4, -0.2) is 35.9 Å². The minimum atomic E-state index is -0.196. The van der Waals surface area contributed by atoms with Gasteiger partial charge in [-0.25, -0.2) is 0 Å². The van der Waals surface area contributed by atoms with Gasteiger partial charge in [-0.2, -0.15) is 0 Å². The van der Waals surface area contributed by atoms with Crippen LogP contribution in [0.2, 0.25) is 0 Å². The maximum Gasteiger partial charge on any atom is 0.179 e. The standard InChI is InChI=1S/C17H20N2O2/c1-13(19(2)12-14-5-4-10-18-11-14)17(20)15-6-8-16(21-3)9-7-15/h4-11,13H,12H2,1-3H3. The summed E-state index contributed by atoms with van der Waals surface area (Å²) >= 11 is 0. The van der Waals surface area contributed by atoms with Crippen LogP contribution in [0, 0.1) is 0 Å².